The summed E-state index contributed by atoms with van der Waals surface area (Å²) in [6, 6.07) is 17.1. The van der Waals surface area contributed by atoms with Crippen LogP contribution in [0, 0.1) is 0 Å². The van der Waals surface area contributed by atoms with Crippen LogP contribution in [0.1, 0.15) is 36.4 Å². The van der Waals surface area contributed by atoms with Gasteiger partial charge in [0.15, 0.2) is 0 Å². The fraction of sp³-hybridized carbons (Fsp3) is 0.409. The van der Waals surface area contributed by atoms with Crippen molar-refractivity contribution in [3.63, 3.8) is 0 Å². The molecule has 2 fully saturated rings. The first-order valence-corrected chi connectivity index (χ1v) is 10.2. The average molecular weight is 382 g/mol. The first kappa shape index (κ1) is 17.1. The number of carbonyl (C=O) groups is 1. The second kappa shape index (κ2) is 6.54. The van der Waals surface area contributed by atoms with Crippen LogP contribution in [-0.4, -0.2) is 36.1 Å². The number of carbonyl (C=O) groups excluding carboxylic acids is 1. The van der Waals surface area contributed by atoms with Crippen LogP contribution in [0.4, 0.5) is 5.69 Å². The number of rotatable bonds is 2. The number of benzene rings is 2. The lowest BCUT2D eigenvalue weighted by Gasteiger charge is -2.45. The van der Waals surface area contributed by atoms with Gasteiger partial charge in [-0.25, -0.2) is 0 Å². The van der Waals surface area contributed by atoms with Gasteiger partial charge in [-0.05, 0) is 61.1 Å². The Kier molecular flexibility index (Phi) is 4.14. The molecule has 27 heavy (non-hydrogen) atoms. The van der Waals surface area contributed by atoms with Crippen molar-refractivity contribution in [2.24, 2.45) is 0 Å². The highest BCUT2D eigenvalue weighted by Crippen LogP contribution is 2.42. The predicted molar refractivity (Wildman–Crippen MR) is 108 cm³/mol. The Balaban J connectivity index is 1.36. The first-order chi connectivity index (χ1) is 13.2. The monoisotopic (exact) mass is 381 g/mol. The van der Waals surface area contributed by atoms with E-state index in [4.69, 9.17) is 11.6 Å². The normalized spacial score (nSPS) is 24.3. The van der Waals surface area contributed by atoms with Crippen molar-refractivity contribution in [1.82, 2.24) is 10.2 Å². The Labute approximate surface area is 165 Å². The molecule has 2 heterocycles. The van der Waals surface area contributed by atoms with Crippen molar-refractivity contribution in [1.29, 1.82) is 0 Å². The SMILES string of the molecule is O=C1NCN(c2ccccc2)C12CCN(C1CCc3cc(Cl)ccc31)CC2. The van der Waals surface area contributed by atoms with E-state index < -0.39 is 5.54 Å². The van der Waals surface area contributed by atoms with Gasteiger partial charge in [0, 0.05) is 29.8 Å². The van der Waals surface area contributed by atoms with Gasteiger partial charge in [-0.15, -0.1) is 0 Å². The third-order valence-electron chi connectivity index (χ3n) is 6.62. The number of para-hydroxylation sites is 1. The maximum absolute atomic E-state index is 12.8. The number of halogens is 1. The van der Waals surface area contributed by atoms with E-state index >= 15 is 0 Å². The summed E-state index contributed by atoms with van der Waals surface area (Å²) in [6.07, 6.45) is 3.98. The van der Waals surface area contributed by atoms with Crippen molar-refractivity contribution < 1.29 is 4.79 Å². The number of aryl methyl sites for hydroxylation is 1. The van der Waals surface area contributed by atoms with E-state index in [0.717, 1.165) is 49.5 Å². The second-order valence-electron chi connectivity index (χ2n) is 7.89. The molecule has 1 atom stereocenters. The largest absolute Gasteiger partial charge is 0.339 e. The number of fused-ring (bicyclic) bond motifs is 1. The van der Waals surface area contributed by atoms with Crippen molar-refractivity contribution in [2.45, 2.75) is 37.3 Å². The molecule has 2 saturated heterocycles. The molecule has 1 spiro atoms. The quantitative estimate of drug-likeness (QED) is 0.860. The molecule has 5 rings (SSSR count). The Hall–Kier alpha value is -2.04. The Bertz CT molecular complexity index is 861. The lowest BCUT2D eigenvalue weighted by Crippen LogP contribution is -2.56. The van der Waals surface area contributed by atoms with E-state index in [1.807, 2.05) is 24.3 Å². The third-order valence-corrected chi connectivity index (χ3v) is 6.86. The number of amides is 1. The van der Waals surface area contributed by atoms with Crippen LogP contribution in [-0.2, 0) is 11.2 Å². The number of anilines is 1. The number of nitrogens with one attached hydrogen (secondary N) is 1. The smallest absolute Gasteiger partial charge is 0.247 e. The van der Waals surface area contributed by atoms with Gasteiger partial charge in [-0.2, -0.15) is 0 Å². The molecule has 4 nitrogen and oxygen atoms in total. The topological polar surface area (TPSA) is 35.6 Å². The third kappa shape index (κ3) is 2.74. The van der Waals surface area contributed by atoms with Crippen molar-refractivity contribution in [2.75, 3.05) is 24.7 Å². The highest BCUT2D eigenvalue weighted by Gasteiger charge is 2.51. The molecular formula is C22H24ClN3O. The van der Waals surface area contributed by atoms with Gasteiger partial charge in [-0.1, -0.05) is 35.9 Å². The number of hydrogen-bond acceptors (Lipinski definition) is 3. The fourth-order valence-electron chi connectivity index (χ4n) is 5.18. The van der Waals surface area contributed by atoms with E-state index in [1.165, 1.54) is 11.1 Å². The van der Waals surface area contributed by atoms with E-state index in [-0.39, 0.29) is 5.91 Å². The lowest BCUT2D eigenvalue weighted by molar-refractivity contribution is -0.125. The van der Waals surface area contributed by atoms with Gasteiger partial charge in [0.2, 0.25) is 5.91 Å². The zero-order chi connectivity index (χ0) is 18.4. The summed E-state index contributed by atoms with van der Waals surface area (Å²) in [6.45, 7) is 2.50. The van der Waals surface area contributed by atoms with E-state index in [0.29, 0.717) is 12.7 Å². The molecule has 1 aliphatic carbocycles. The molecule has 1 N–H and O–H groups in total. The molecule has 0 bridgehead atoms. The summed E-state index contributed by atoms with van der Waals surface area (Å²) >= 11 is 6.17. The molecule has 1 unspecified atom stereocenters. The minimum Gasteiger partial charge on any atom is -0.339 e. The Morgan fingerprint density at radius 2 is 1.85 bits per heavy atom. The number of piperidine rings is 1. The van der Waals surface area contributed by atoms with Crippen molar-refractivity contribution in [3.8, 4) is 0 Å². The summed E-state index contributed by atoms with van der Waals surface area (Å²) < 4.78 is 0. The van der Waals surface area contributed by atoms with Gasteiger partial charge in [0.25, 0.3) is 0 Å². The molecule has 2 aromatic rings. The molecule has 0 saturated carbocycles. The van der Waals surface area contributed by atoms with Crippen LogP contribution in [0.3, 0.4) is 0 Å². The van der Waals surface area contributed by atoms with Crippen LogP contribution < -0.4 is 10.2 Å². The molecule has 0 radical (unpaired) electrons. The maximum Gasteiger partial charge on any atom is 0.247 e. The van der Waals surface area contributed by atoms with E-state index in [2.05, 4.69) is 39.4 Å². The zero-order valence-electron chi connectivity index (χ0n) is 15.3. The molecular weight excluding hydrogens is 358 g/mol. The highest BCUT2D eigenvalue weighted by atomic mass is 35.5. The number of hydrogen-bond donors (Lipinski definition) is 1. The van der Waals surface area contributed by atoms with Crippen LogP contribution in [0.25, 0.3) is 0 Å². The minimum absolute atomic E-state index is 0.185. The molecule has 0 aromatic heterocycles. The summed E-state index contributed by atoms with van der Waals surface area (Å²) in [4.78, 5) is 17.7. The van der Waals surface area contributed by atoms with Crippen molar-refractivity contribution in [3.05, 3.63) is 64.7 Å². The maximum atomic E-state index is 12.8. The molecule has 1 amide bonds. The molecule has 140 valence electrons. The van der Waals surface area contributed by atoms with E-state index in [9.17, 15) is 4.79 Å². The Morgan fingerprint density at radius 3 is 2.63 bits per heavy atom. The predicted octanol–water partition coefficient (Wildman–Crippen LogP) is 3.76. The summed E-state index contributed by atoms with van der Waals surface area (Å²) in [5.41, 5.74) is 3.54. The van der Waals surface area contributed by atoms with Crippen LogP contribution in [0.5, 0.6) is 0 Å². The lowest BCUT2D eigenvalue weighted by atomic mass is 9.84. The zero-order valence-corrected chi connectivity index (χ0v) is 16.1. The molecule has 3 aliphatic rings. The van der Waals surface area contributed by atoms with Gasteiger partial charge in [0.1, 0.15) is 5.54 Å². The molecule has 5 heteroatoms. The Morgan fingerprint density at radius 1 is 1.07 bits per heavy atom. The molecule has 2 aliphatic heterocycles. The summed E-state index contributed by atoms with van der Waals surface area (Å²) in [5.74, 6) is 0.185. The van der Waals surface area contributed by atoms with Gasteiger partial charge in [0.05, 0.1) is 6.67 Å². The molecule has 2 aromatic carbocycles. The van der Waals surface area contributed by atoms with Crippen LogP contribution in [0.2, 0.25) is 5.02 Å². The first-order valence-electron chi connectivity index (χ1n) is 9.81. The average Bonchev–Trinajstić information content (AvgIpc) is 3.25. The second-order valence-corrected chi connectivity index (χ2v) is 8.33. The fourth-order valence-corrected chi connectivity index (χ4v) is 5.38. The minimum atomic E-state index is -0.403. The van der Waals surface area contributed by atoms with Crippen LogP contribution in [0.15, 0.2) is 48.5 Å². The number of nitrogens with zero attached hydrogens (tertiary/aromatic N) is 2. The van der Waals surface area contributed by atoms with Crippen molar-refractivity contribution >= 4 is 23.2 Å². The summed E-state index contributed by atoms with van der Waals surface area (Å²) in [5, 5.41) is 3.92. The van der Waals surface area contributed by atoms with Gasteiger partial charge < -0.3 is 10.2 Å². The van der Waals surface area contributed by atoms with Gasteiger partial charge in [-0.3, -0.25) is 9.69 Å². The highest BCUT2D eigenvalue weighted by molar-refractivity contribution is 6.30. The van der Waals surface area contributed by atoms with Gasteiger partial charge >= 0.3 is 0 Å². The van der Waals surface area contributed by atoms with Crippen LogP contribution >= 0.6 is 11.6 Å². The summed E-state index contributed by atoms with van der Waals surface area (Å²) in [7, 11) is 0. The number of likely N-dealkylation sites (tertiary alicyclic amines) is 1. The van der Waals surface area contributed by atoms with E-state index in [1.54, 1.807) is 0 Å². The standard InChI is InChI=1S/C22H24ClN3O/c23-17-7-8-19-16(14-17)6-9-20(19)25-12-10-22(11-13-25)21(27)24-15-26(22)18-4-2-1-3-5-18/h1-5,7-8,14,20H,6,9-13,15H2,(H,24,27).